The smallest absolute Gasteiger partial charge is 0.335 e. The van der Waals surface area contributed by atoms with Gasteiger partial charge in [-0.2, -0.15) is 0 Å². The Hall–Kier alpha value is -2.68. The maximum atomic E-state index is 12.5. The molecule has 0 saturated carbocycles. The van der Waals surface area contributed by atoms with E-state index in [0.717, 1.165) is 5.56 Å². The van der Waals surface area contributed by atoms with Gasteiger partial charge >= 0.3 is 6.03 Å². The van der Waals surface area contributed by atoms with Crippen molar-refractivity contribution >= 4 is 22.0 Å². The number of nitrogens with zero attached hydrogens (tertiary/aromatic N) is 2. The van der Waals surface area contributed by atoms with Gasteiger partial charge in [0.2, 0.25) is 5.95 Å². The van der Waals surface area contributed by atoms with E-state index in [-0.39, 0.29) is 22.7 Å². The van der Waals surface area contributed by atoms with Crippen LogP contribution in [0.1, 0.15) is 23.9 Å². The molecule has 0 radical (unpaired) electrons. The summed E-state index contributed by atoms with van der Waals surface area (Å²) in [5, 5.41) is 2.33. The van der Waals surface area contributed by atoms with Gasteiger partial charge in [0.15, 0.2) is 0 Å². The summed E-state index contributed by atoms with van der Waals surface area (Å²) in [6.45, 7) is 5.36. The normalized spacial score (nSPS) is 16.0. The molecule has 1 aliphatic heterocycles. The number of para-hydroxylation sites is 1. The van der Waals surface area contributed by atoms with Crippen LogP contribution in [0.4, 0.5) is 10.7 Å². The highest BCUT2D eigenvalue weighted by Gasteiger charge is 2.29. The van der Waals surface area contributed by atoms with Crippen LogP contribution in [0.15, 0.2) is 29.2 Å². The molecule has 0 spiro atoms. The van der Waals surface area contributed by atoms with Crippen molar-refractivity contribution in [2.75, 3.05) is 5.32 Å². The van der Waals surface area contributed by atoms with E-state index in [1.165, 1.54) is 6.07 Å². The minimum atomic E-state index is -4.09. The summed E-state index contributed by atoms with van der Waals surface area (Å²) in [7, 11) is -4.09. The lowest BCUT2D eigenvalue weighted by atomic mass is 10.1. The minimum absolute atomic E-state index is 0.0355. The van der Waals surface area contributed by atoms with Gasteiger partial charge in [0.1, 0.15) is 16.7 Å². The van der Waals surface area contributed by atoms with Crippen molar-refractivity contribution in [2.24, 2.45) is 0 Å². The first-order valence-electron chi connectivity index (χ1n) is 7.69. The van der Waals surface area contributed by atoms with Gasteiger partial charge in [-0.15, -0.1) is 0 Å². The van der Waals surface area contributed by atoms with E-state index in [1.54, 1.807) is 32.0 Å². The lowest BCUT2D eigenvalue weighted by Crippen LogP contribution is -2.35. The maximum Gasteiger partial charge on any atom is 0.335 e. The fourth-order valence-electron chi connectivity index (χ4n) is 2.71. The van der Waals surface area contributed by atoms with Crippen LogP contribution in [0.5, 0.6) is 5.75 Å². The number of fused-ring (bicyclic) bond motifs is 1. The first-order chi connectivity index (χ1) is 11.7. The van der Waals surface area contributed by atoms with E-state index in [1.807, 2.05) is 11.6 Å². The molecule has 1 atom stereocenters. The number of aryl methyl sites for hydroxylation is 2. The standard InChI is InChI=1S/C16H18N4O4S/c1-9-7-10(2)18-15(17-9)19-16(21)20-25(22,23)13-6-4-5-12-8-11(3)24-14(12)13/h4-7,11H,8H2,1-3H3,(H2,17,18,19,20,21). The van der Waals surface area contributed by atoms with Crippen molar-refractivity contribution in [3.05, 3.63) is 41.2 Å². The van der Waals surface area contributed by atoms with Gasteiger partial charge in [0, 0.05) is 17.8 Å². The Morgan fingerprint density at radius 2 is 1.92 bits per heavy atom. The largest absolute Gasteiger partial charge is 0.489 e. The number of amides is 2. The number of carbonyl (C=O) groups is 1. The van der Waals surface area contributed by atoms with Crippen molar-refractivity contribution in [3.8, 4) is 5.75 Å². The van der Waals surface area contributed by atoms with Gasteiger partial charge in [0.05, 0.1) is 0 Å². The van der Waals surface area contributed by atoms with E-state index in [4.69, 9.17) is 4.74 Å². The number of nitrogens with one attached hydrogen (secondary N) is 2. The van der Waals surface area contributed by atoms with Gasteiger partial charge < -0.3 is 4.74 Å². The van der Waals surface area contributed by atoms with E-state index >= 15 is 0 Å². The summed E-state index contributed by atoms with van der Waals surface area (Å²) >= 11 is 0. The molecule has 25 heavy (non-hydrogen) atoms. The Kier molecular flexibility index (Phi) is 4.34. The fraction of sp³-hybridized carbons (Fsp3) is 0.312. The number of carbonyl (C=O) groups excluding carboxylic acids is 1. The minimum Gasteiger partial charge on any atom is -0.489 e. The van der Waals surface area contributed by atoms with Crippen LogP contribution in [0.2, 0.25) is 0 Å². The summed E-state index contributed by atoms with van der Waals surface area (Å²) < 4.78 is 32.6. The Labute approximate surface area is 145 Å². The highest BCUT2D eigenvalue weighted by atomic mass is 32.2. The topological polar surface area (TPSA) is 110 Å². The fourth-order valence-corrected chi connectivity index (χ4v) is 3.79. The van der Waals surface area contributed by atoms with E-state index in [9.17, 15) is 13.2 Å². The van der Waals surface area contributed by atoms with Crippen molar-refractivity contribution in [1.82, 2.24) is 14.7 Å². The first-order valence-corrected chi connectivity index (χ1v) is 9.17. The number of urea groups is 1. The van der Waals surface area contributed by atoms with Crippen LogP contribution < -0.4 is 14.8 Å². The molecule has 0 saturated heterocycles. The van der Waals surface area contributed by atoms with Gasteiger partial charge in [-0.3, -0.25) is 5.32 Å². The van der Waals surface area contributed by atoms with Crippen molar-refractivity contribution < 1.29 is 17.9 Å². The molecule has 0 aliphatic carbocycles. The Balaban J connectivity index is 1.80. The number of benzene rings is 1. The second-order valence-electron chi connectivity index (χ2n) is 5.91. The van der Waals surface area contributed by atoms with Crippen molar-refractivity contribution in [1.29, 1.82) is 0 Å². The van der Waals surface area contributed by atoms with Gasteiger partial charge in [0.25, 0.3) is 10.0 Å². The zero-order valence-corrected chi connectivity index (χ0v) is 14.8. The molecule has 2 aromatic rings. The molecule has 1 unspecified atom stereocenters. The van der Waals surface area contributed by atoms with Crippen LogP contribution in [-0.4, -0.2) is 30.5 Å². The molecule has 0 bridgehead atoms. The summed E-state index contributed by atoms with van der Waals surface area (Å²) in [5.74, 6) is 0.325. The van der Waals surface area contributed by atoms with E-state index in [2.05, 4.69) is 15.3 Å². The molecule has 1 aromatic carbocycles. The van der Waals surface area contributed by atoms with Gasteiger partial charge in [-0.05, 0) is 38.5 Å². The van der Waals surface area contributed by atoms with Crippen molar-refractivity contribution in [3.63, 3.8) is 0 Å². The third kappa shape index (κ3) is 3.71. The molecule has 2 heterocycles. The third-order valence-corrected chi connectivity index (χ3v) is 4.97. The molecule has 2 N–H and O–H groups in total. The average Bonchev–Trinajstić information content (AvgIpc) is 2.84. The number of ether oxygens (including phenoxy) is 1. The molecule has 2 amide bonds. The number of hydrogen-bond donors (Lipinski definition) is 2. The van der Waals surface area contributed by atoms with E-state index < -0.39 is 16.1 Å². The number of sulfonamides is 1. The molecular formula is C16H18N4O4S. The SMILES string of the molecule is Cc1cc(C)nc(NC(=O)NS(=O)(=O)c2cccc3c2OC(C)C3)n1. The second kappa shape index (κ2) is 6.32. The molecule has 8 nitrogen and oxygen atoms in total. The van der Waals surface area contributed by atoms with Gasteiger partial charge in [-0.1, -0.05) is 12.1 Å². The first kappa shape index (κ1) is 17.2. The number of aromatic nitrogens is 2. The number of rotatable bonds is 3. The Morgan fingerprint density at radius 3 is 2.60 bits per heavy atom. The van der Waals surface area contributed by atoms with Crippen LogP contribution in [0, 0.1) is 13.8 Å². The molecule has 132 valence electrons. The second-order valence-corrected chi connectivity index (χ2v) is 7.56. The molecule has 9 heteroatoms. The summed E-state index contributed by atoms with van der Waals surface area (Å²) in [4.78, 5) is 20.1. The van der Waals surface area contributed by atoms with Gasteiger partial charge in [-0.25, -0.2) is 27.9 Å². The molecule has 3 rings (SSSR count). The summed E-state index contributed by atoms with van der Waals surface area (Å²) in [6, 6.07) is 5.64. The zero-order chi connectivity index (χ0) is 18.2. The molecule has 1 aliphatic rings. The average molecular weight is 362 g/mol. The number of anilines is 1. The lowest BCUT2D eigenvalue weighted by molar-refractivity contribution is 0.249. The predicted molar refractivity (Wildman–Crippen MR) is 91.1 cm³/mol. The molecule has 0 fully saturated rings. The summed E-state index contributed by atoms with van der Waals surface area (Å²) in [6.07, 6.45) is 0.519. The Morgan fingerprint density at radius 1 is 1.24 bits per heavy atom. The predicted octanol–water partition coefficient (Wildman–Crippen LogP) is 1.93. The summed E-state index contributed by atoms with van der Waals surface area (Å²) in [5.41, 5.74) is 2.12. The third-order valence-electron chi connectivity index (χ3n) is 3.61. The maximum absolute atomic E-state index is 12.5. The van der Waals surface area contributed by atoms with Crippen LogP contribution >= 0.6 is 0 Å². The van der Waals surface area contributed by atoms with Crippen LogP contribution in [0.25, 0.3) is 0 Å². The molecular weight excluding hydrogens is 344 g/mol. The Bertz CT molecular complexity index is 923. The monoisotopic (exact) mass is 362 g/mol. The van der Waals surface area contributed by atoms with E-state index in [0.29, 0.717) is 17.8 Å². The molecule has 1 aromatic heterocycles. The lowest BCUT2D eigenvalue weighted by Gasteiger charge is -2.12. The van der Waals surface area contributed by atoms with Crippen molar-refractivity contribution in [2.45, 2.75) is 38.2 Å². The van der Waals surface area contributed by atoms with Crippen LogP contribution in [-0.2, 0) is 16.4 Å². The quantitative estimate of drug-likeness (QED) is 0.863. The zero-order valence-electron chi connectivity index (χ0n) is 14.0. The highest BCUT2D eigenvalue weighted by molar-refractivity contribution is 7.90. The highest BCUT2D eigenvalue weighted by Crippen LogP contribution is 2.35. The van der Waals surface area contributed by atoms with Crippen LogP contribution in [0.3, 0.4) is 0 Å². The number of hydrogen-bond acceptors (Lipinski definition) is 6.